The molecule has 6 heteroatoms. The van der Waals surface area contributed by atoms with Crippen LogP contribution in [0.2, 0.25) is 0 Å². The van der Waals surface area contributed by atoms with Crippen molar-refractivity contribution < 1.29 is 8.42 Å². The molecule has 0 spiro atoms. The Kier molecular flexibility index (Phi) is 4.62. The van der Waals surface area contributed by atoms with E-state index in [-0.39, 0.29) is 4.90 Å². The molecule has 1 aromatic rings. The van der Waals surface area contributed by atoms with Gasteiger partial charge in [-0.25, -0.2) is 4.83 Å². The second-order valence-corrected chi connectivity index (χ2v) is 7.50. The van der Waals surface area contributed by atoms with E-state index >= 15 is 0 Å². The summed E-state index contributed by atoms with van der Waals surface area (Å²) in [4.78, 5) is 2.56. The van der Waals surface area contributed by atoms with Gasteiger partial charge in [0.15, 0.2) is 0 Å². The van der Waals surface area contributed by atoms with Crippen LogP contribution in [0.4, 0.5) is 0 Å². The van der Waals surface area contributed by atoms with Gasteiger partial charge in [0.05, 0.1) is 4.90 Å². The van der Waals surface area contributed by atoms with Crippen molar-refractivity contribution in [2.24, 2.45) is 11.0 Å². The molecular formula is C13H17BrN2O2S. The zero-order valence-electron chi connectivity index (χ0n) is 10.8. The van der Waals surface area contributed by atoms with Gasteiger partial charge in [0, 0.05) is 10.2 Å². The van der Waals surface area contributed by atoms with E-state index < -0.39 is 10.0 Å². The SMILES string of the molecule is C[C@H]1CCC/C(=N/NS(=O)(=O)c2ccc(Br)cc2)C1. The topological polar surface area (TPSA) is 58.5 Å². The summed E-state index contributed by atoms with van der Waals surface area (Å²) in [6, 6.07) is 6.50. The Morgan fingerprint density at radius 1 is 1.32 bits per heavy atom. The lowest BCUT2D eigenvalue weighted by Gasteiger charge is -2.19. The summed E-state index contributed by atoms with van der Waals surface area (Å²) < 4.78 is 24.9. The van der Waals surface area contributed by atoms with Crippen LogP contribution in [-0.2, 0) is 10.0 Å². The molecule has 0 heterocycles. The third-order valence-corrected chi connectivity index (χ3v) is 4.95. The quantitative estimate of drug-likeness (QED) is 0.855. The molecule has 104 valence electrons. The fourth-order valence-corrected chi connectivity index (χ4v) is 3.27. The zero-order valence-corrected chi connectivity index (χ0v) is 13.2. The Labute approximate surface area is 122 Å². The molecule has 0 aromatic heterocycles. The molecule has 1 atom stereocenters. The van der Waals surface area contributed by atoms with Crippen LogP contribution >= 0.6 is 15.9 Å². The van der Waals surface area contributed by atoms with E-state index in [1.54, 1.807) is 24.3 Å². The Hall–Kier alpha value is -0.880. The van der Waals surface area contributed by atoms with Gasteiger partial charge < -0.3 is 0 Å². The fourth-order valence-electron chi connectivity index (χ4n) is 2.15. The van der Waals surface area contributed by atoms with E-state index in [4.69, 9.17) is 0 Å². The lowest BCUT2D eigenvalue weighted by Crippen LogP contribution is -2.22. The van der Waals surface area contributed by atoms with Crippen LogP contribution in [0.25, 0.3) is 0 Å². The molecule has 2 rings (SSSR count). The molecule has 1 saturated carbocycles. The molecule has 0 bridgehead atoms. The molecule has 1 aliphatic carbocycles. The van der Waals surface area contributed by atoms with E-state index in [9.17, 15) is 8.42 Å². The van der Waals surface area contributed by atoms with Crippen LogP contribution < -0.4 is 4.83 Å². The molecule has 0 radical (unpaired) electrons. The van der Waals surface area contributed by atoms with Crippen LogP contribution in [0, 0.1) is 5.92 Å². The van der Waals surface area contributed by atoms with Gasteiger partial charge in [-0.2, -0.15) is 13.5 Å². The highest BCUT2D eigenvalue weighted by Gasteiger charge is 2.16. The van der Waals surface area contributed by atoms with E-state index in [1.165, 1.54) is 6.42 Å². The minimum atomic E-state index is -3.55. The minimum Gasteiger partial charge on any atom is -0.200 e. The first kappa shape index (κ1) is 14.5. The van der Waals surface area contributed by atoms with Crippen molar-refractivity contribution in [2.45, 2.75) is 37.5 Å². The molecule has 0 amide bonds. The molecule has 4 nitrogen and oxygen atoms in total. The summed E-state index contributed by atoms with van der Waals surface area (Å²) >= 11 is 3.28. The number of hydrazone groups is 1. The van der Waals surface area contributed by atoms with Crippen molar-refractivity contribution in [2.75, 3.05) is 0 Å². The average molecular weight is 345 g/mol. The van der Waals surface area contributed by atoms with Crippen LogP contribution in [0.5, 0.6) is 0 Å². The monoisotopic (exact) mass is 344 g/mol. The van der Waals surface area contributed by atoms with Crippen LogP contribution in [0.3, 0.4) is 0 Å². The molecule has 0 saturated heterocycles. The third-order valence-electron chi connectivity index (χ3n) is 3.19. The van der Waals surface area contributed by atoms with E-state index in [2.05, 4.69) is 32.8 Å². The first-order chi connectivity index (χ1) is 8.97. The number of rotatable bonds is 3. The van der Waals surface area contributed by atoms with E-state index in [0.29, 0.717) is 5.92 Å². The maximum atomic E-state index is 12.0. The number of sulfonamides is 1. The van der Waals surface area contributed by atoms with E-state index in [1.807, 2.05) is 0 Å². The molecule has 0 unspecified atom stereocenters. The van der Waals surface area contributed by atoms with Crippen LogP contribution in [-0.4, -0.2) is 14.1 Å². The van der Waals surface area contributed by atoms with Gasteiger partial charge in [-0.15, -0.1) is 0 Å². The predicted octanol–water partition coefficient (Wildman–Crippen LogP) is 3.29. The molecule has 1 N–H and O–H groups in total. The normalized spacial score (nSPS) is 22.4. The number of nitrogens with one attached hydrogen (secondary N) is 1. The lowest BCUT2D eigenvalue weighted by molar-refractivity contribution is 0.498. The summed E-state index contributed by atoms with van der Waals surface area (Å²) in [6.07, 6.45) is 4.04. The van der Waals surface area contributed by atoms with Crippen molar-refractivity contribution in [3.8, 4) is 0 Å². The summed E-state index contributed by atoms with van der Waals surface area (Å²) in [5, 5.41) is 4.07. The van der Waals surface area contributed by atoms with Crippen molar-refractivity contribution in [1.29, 1.82) is 0 Å². The summed E-state index contributed by atoms with van der Waals surface area (Å²) in [6.45, 7) is 2.16. The van der Waals surface area contributed by atoms with Crippen LogP contribution in [0.1, 0.15) is 32.6 Å². The molecule has 19 heavy (non-hydrogen) atoms. The highest BCUT2D eigenvalue weighted by atomic mass is 79.9. The predicted molar refractivity (Wildman–Crippen MR) is 79.5 cm³/mol. The van der Waals surface area contributed by atoms with Gasteiger partial charge in [0.1, 0.15) is 0 Å². The third kappa shape index (κ3) is 4.04. The van der Waals surface area contributed by atoms with Crippen molar-refractivity contribution >= 4 is 31.7 Å². The number of hydrogen-bond donors (Lipinski definition) is 1. The van der Waals surface area contributed by atoms with Gasteiger partial charge in [-0.05, 0) is 55.9 Å². The fraction of sp³-hybridized carbons (Fsp3) is 0.462. The van der Waals surface area contributed by atoms with Gasteiger partial charge in [0.25, 0.3) is 10.0 Å². The van der Waals surface area contributed by atoms with E-state index in [0.717, 1.165) is 29.4 Å². The van der Waals surface area contributed by atoms with Crippen LogP contribution in [0.15, 0.2) is 38.7 Å². The van der Waals surface area contributed by atoms with Gasteiger partial charge in [0.2, 0.25) is 0 Å². The van der Waals surface area contributed by atoms with Gasteiger partial charge >= 0.3 is 0 Å². The zero-order chi connectivity index (χ0) is 13.9. The number of nitrogens with zero attached hydrogens (tertiary/aromatic N) is 1. The average Bonchev–Trinajstić information content (AvgIpc) is 2.37. The molecule has 1 fully saturated rings. The second-order valence-electron chi connectivity index (χ2n) is 4.93. The first-order valence-electron chi connectivity index (χ1n) is 6.30. The van der Waals surface area contributed by atoms with Crippen molar-refractivity contribution in [3.63, 3.8) is 0 Å². The Balaban J connectivity index is 2.09. The summed E-state index contributed by atoms with van der Waals surface area (Å²) in [7, 11) is -3.55. The minimum absolute atomic E-state index is 0.226. The number of benzene rings is 1. The van der Waals surface area contributed by atoms with Gasteiger partial charge in [-0.3, -0.25) is 0 Å². The Morgan fingerprint density at radius 2 is 2.00 bits per heavy atom. The largest absolute Gasteiger partial charge is 0.276 e. The lowest BCUT2D eigenvalue weighted by atomic mass is 9.89. The smallest absolute Gasteiger partial charge is 0.200 e. The molecular weight excluding hydrogens is 328 g/mol. The molecule has 0 aliphatic heterocycles. The van der Waals surface area contributed by atoms with Crippen molar-refractivity contribution in [3.05, 3.63) is 28.7 Å². The van der Waals surface area contributed by atoms with Gasteiger partial charge in [-0.1, -0.05) is 22.9 Å². The number of hydrogen-bond acceptors (Lipinski definition) is 3. The Morgan fingerprint density at radius 3 is 2.63 bits per heavy atom. The summed E-state index contributed by atoms with van der Waals surface area (Å²) in [5.74, 6) is 0.588. The highest BCUT2D eigenvalue weighted by molar-refractivity contribution is 9.10. The standard InChI is InChI=1S/C13H17BrN2O2S/c1-10-3-2-4-12(9-10)15-16-19(17,18)13-7-5-11(14)6-8-13/h5-8,10,16H,2-4,9H2,1H3/b15-12-/t10-/m0/s1. The maximum Gasteiger partial charge on any atom is 0.276 e. The second kappa shape index (κ2) is 6.05. The number of halogens is 1. The molecule has 1 aromatic carbocycles. The van der Waals surface area contributed by atoms with Crippen molar-refractivity contribution in [1.82, 2.24) is 4.83 Å². The molecule has 1 aliphatic rings. The summed E-state index contributed by atoms with van der Waals surface area (Å²) in [5.41, 5.74) is 0.944. The Bertz CT molecular complexity index is 567. The highest BCUT2D eigenvalue weighted by Crippen LogP contribution is 2.21. The first-order valence-corrected chi connectivity index (χ1v) is 8.58. The maximum absolute atomic E-state index is 12.0.